The Kier molecular flexibility index (Phi) is 2.26. The third-order valence-corrected chi connectivity index (χ3v) is 3.45. The van der Waals surface area contributed by atoms with E-state index in [1.54, 1.807) is 0 Å². The number of hydrogen-bond donors (Lipinski definition) is 1. The standard InChI is InChI=1S/C13H19N/c1-4-11-9-10-7-5-6-8-12(10)14-13(11,2)3/h5-8,11,14H,4,9H2,1-3H3/t11-/m0/s1. The lowest BCUT2D eigenvalue weighted by Crippen LogP contribution is -2.43. The molecule has 2 rings (SSSR count). The molecule has 0 bridgehead atoms. The molecule has 0 saturated heterocycles. The van der Waals surface area contributed by atoms with Gasteiger partial charge in [-0.1, -0.05) is 31.5 Å². The molecule has 1 aromatic rings. The van der Waals surface area contributed by atoms with Crippen LogP contribution < -0.4 is 5.32 Å². The van der Waals surface area contributed by atoms with Gasteiger partial charge in [-0.15, -0.1) is 0 Å². The highest BCUT2D eigenvalue weighted by atomic mass is 15.0. The van der Waals surface area contributed by atoms with Crippen LogP contribution in [0.25, 0.3) is 0 Å². The lowest BCUT2D eigenvalue weighted by atomic mass is 9.77. The van der Waals surface area contributed by atoms with Gasteiger partial charge in [-0.2, -0.15) is 0 Å². The fourth-order valence-corrected chi connectivity index (χ4v) is 2.44. The summed E-state index contributed by atoms with van der Waals surface area (Å²) in [4.78, 5) is 0. The second kappa shape index (κ2) is 3.30. The summed E-state index contributed by atoms with van der Waals surface area (Å²) in [6.07, 6.45) is 2.46. The van der Waals surface area contributed by atoms with E-state index in [0.29, 0.717) is 0 Å². The van der Waals surface area contributed by atoms with Gasteiger partial charge in [0.2, 0.25) is 0 Å². The summed E-state index contributed by atoms with van der Waals surface area (Å²) in [6.45, 7) is 6.89. The van der Waals surface area contributed by atoms with E-state index in [1.165, 1.54) is 24.1 Å². The first-order valence-electron chi connectivity index (χ1n) is 5.49. The third kappa shape index (κ3) is 1.52. The fraction of sp³-hybridized carbons (Fsp3) is 0.538. The second-order valence-electron chi connectivity index (χ2n) is 4.81. The van der Waals surface area contributed by atoms with Crippen molar-refractivity contribution < 1.29 is 0 Å². The molecule has 1 N–H and O–H groups in total. The van der Waals surface area contributed by atoms with Crippen molar-refractivity contribution in [3.8, 4) is 0 Å². The summed E-state index contributed by atoms with van der Waals surface area (Å²) in [7, 11) is 0. The molecule has 0 saturated carbocycles. The highest BCUT2D eigenvalue weighted by molar-refractivity contribution is 5.55. The fourth-order valence-electron chi connectivity index (χ4n) is 2.44. The minimum Gasteiger partial charge on any atom is -0.380 e. The van der Waals surface area contributed by atoms with Crippen LogP contribution in [-0.2, 0) is 6.42 Å². The van der Waals surface area contributed by atoms with E-state index in [-0.39, 0.29) is 5.54 Å². The number of rotatable bonds is 1. The number of nitrogens with one attached hydrogen (secondary N) is 1. The van der Waals surface area contributed by atoms with E-state index >= 15 is 0 Å². The predicted molar refractivity (Wildman–Crippen MR) is 61.6 cm³/mol. The zero-order valence-electron chi connectivity index (χ0n) is 9.30. The molecular formula is C13H19N. The molecule has 1 aliphatic heterocycles. The first-order valence-corrected chi connectivity index (χ1v) is 5.49. The molecule has 14 heavy (non-hydrogen) atoms. The Hall–Kier alpha value is -0.980. The van der Waals surface area contributed by atoms with Crippen LogP contribution in [-0.4, -0.2) is 5.54 Å². The van der Waals surface area contributed by atoms with Crippen molar-refractivity contribution in [1.82, 2.24) is 0 Å². The summed E-state index contributed by atoms with van der Waals surface area (Å²) in [5.41, 5.74) is 3.03. The molecular weight excluding hydrogens is 170 g/mol. The number of benzene rings is 1. The maximum atomic E-state index is 3.64. The zero-order valence-corrected chi connectivity index (χ0v) is 9.30. The largest absolute Gasteiger partial charge is 0.380 e. The van der Waals surface area contributed by atoms with Gasteiger partial charge < -0.3 is 5.32 Å². The smallest absolute Gasteiger partial charge is 0.0377 e. The molecule has 1 atom stereocenters. The van der Waals surface area contributed by atoms with Crippen LogP contribution in [0.5, 0.6) is 0 Å². The molecule has 76 valence electrons. The molecule has 0 aliphatic carbocycles. The average Bonchev–Trinajstić information content (AvgIpc) is 2.15. The molecule has 1 aliphatic rings. The van der Waals surface area contributed by atoms with Crippen LogP contribution in [0.1, 0.15) is 32.8 Å². The zero-order chi connectivity index (χ0) is 10.2. The van der Waals surface area contributed by atoms with Crippen LogP contribution in [0, 0.1) is 5.92 Å². The number of fused-ring (bicyclic) bond motifs is 1. The molecule has 0 radical (unpaired) electrons. The second-order valence-corrected chi connectivity index (χ2v) is 4.81. The molecule has 1 heteroatoms. The molecule has 0 unspecified atom stereocenters. The van der Waals surface area contributed by atoms with Crippen molar-refractivity contribution >= 4 is 5.69 Å². The molecule has 0 fully saturated rings. The van der Waals surface area contributed by atoms with Gasteiger partial charge in [0.1, 0.15) is 0 Å². The Morgan fingerprint density at radius 1 is 1.36 bits per heavy atom. The van der Waals surface area contributed by atoms with Crippen LogP contribution in [0.2, 0.25) is 0 Å². The van der Waals surface area contributed by atoms with Gasteiger partial charge >= 0.3 is 0 Å². The average molecular weight is 189 g/mol. The van der Waals surface area contributed by atoms with Crippen molar-refractivity contribution in [2.24, 2.45) is 5.92 Å². The Bertz CT molecular complexity index is 328. The lowest BCUT2D eigenvalue weighted by molar-refractivity contribution is 0.324. The Labute approximate surface area is 86.5 Å². The number of hydrogen-bond acceptors (Lipinski definition) is 1. The van der Waals surface area contributed by atoms with Crippen LogP contribution >= 0.6 is 0 Å². The van der Waals surface area contributed by atoms with Gasteiger partial charge in [0, 0.05) is 11.2 Å². The highest BCUT2D eigenvalue weighted by Gasteiger charge is 2.32. The minimum absolute atomic E-state index is 0.239. The summed E-state index contributed by atoms with van der Waals surface area (Å²) in [6, 6.07) is 8.66. The summed E-state index contributed by atoms with van der Waals surface area (Å²) < 4.78 is 0. The Morgan fingerprint density at radius 2 is 2.07 bits per heavy atom. The highest BCUT2D eigenvalue weighted by Crippen LogP contribution is 2.35. The van der Waals surface area contributed by atoms with Crippen LogP contribution in [0.3, 0.4) is 0 Å². The van der Waals surface area contributed by atoms with Gasteiger partial charge in [-0.05, 0) is 37.8 Å². The maximum absolute atomic E-state index is 3.64. The van der Waals surface area contributed by atoms with E-state index in [9.17, 15) is 0 Å². The molecule has 1 heterocycles. The van der Waals surface area contributed by atoms with E-state index in [0.717, 1.165) is 5.92 Å². The van der Waals surface area contributed by atoms with E-state index in [1.807, 2.05) is 0 Å². The van der Waals surface area contributed by atoms with Crippen molar-refractivity contribution in [2.75, 3.05) is 5.32 Å². The van der Waals surface area contributed by atoms with Gasteiger partial charge in [0.05, 0.1) is 0 Å². The lowest BCUT2D eigenvalue weighted by Gasteiger charge is -2.41. The van der Waals surface area contributed by atoms with E-state index in [2.05, 4.69) is 50.4 Å². The minimum atomic E-state index is 0.239. The normalized spacial score (nSPS) is 23.8. The number of anilines is 1. The first-order chi connectivity index (χ1) is 6.63. The van der Waals surface area contributed by atoms with Gasteiger partial charge in [0.15, 0.2) is 0 Å². The van der Waals surface area contributed by atoms with Gasteiger partial charge in [0.25, 0.3) is 0 Å². The summed E-state index contributed by atoms with van der Waals surface area (Å²) in [5.74, 6) is 0.748. The summed E-state index contributed by atoms with van der Waals surface area (Å²) >= 11 is 0. The van der Waals surface area contributed by atoms with Crippen molar-refractivity contribution in [3.63, 3.8) is 0 Å². The third-order valence-electron chi connectivity index (χ3n) is 3.45. The SMILES string of the molecule is CC[C@H]1Cc2ccccc2NC1(C)C. The Morgan fingerprint density at radius 3 is 2.79 bits per heavy atom. The predicted octanol–water partition coefficient (Wildman–Crippen LogP) is 3.46. The maximum Gasteiger partial charge on any atom is 0.0377 e. The topological polar surface area (TPSA) is 12.0 Å². The quantitative estimate of drug-likeness (QED) is 0.713. The van der Waals surface area contributed by atoms with E-state index < -0.39 is 0 Å². The van der Waals surface area contributed by atoms with Crippen molar-refractivity contribution in [2.45, 2.75) is 39.2 Å². The first kappa shape index (κ1) is 9.57. The molecule has 0 spiro atoms. The van der Waals surface area contributed by atoms with E-state index in [4.69, 9.17) is 0 Å². The number of para-hydroxylation sites is 1. The Balaban J connectivity index is 2.35. The molecule has 0 aromatic heterocycles. The van der Waals surface area contributed by atoms with Crippen LogP contribution in [0.4, 0.5) is 5.69 Å². The van der Waals surface area contributed by atoms with Crippen molar-refractivity contribution in [3.05, 3.63) is 29.8 Å². The van der Waals surface area contributed by atoms with Crippen molar-refractivity contribution in [1.29, 1.82) is 0 Å². The summed E-state index contributed by atoms with van der Waals surface area (Å²) in [5, 5.41) is 3.64. The molecule has 1 nitrogen and oxygen atoms in total. The molecule has 0 amide bonds. The molecule has 1 aromatic carbocycles. The monoisotopic (exact) mass is 189 g/mol. The van der Waals surface area contributed by atoms with Gasteiger partial charge in [-0.3, -0.25) is 0 Å². The van der Waals surface area contributed by atoms with Gasteiger partial charge in [-0.25, -0.2) is 0 Å². The van der Waals surface area contributed by atoms with Crippen LogP contribution in [0.15, 0.2) is 24.3 Å².